The first kappa shape index (κ1) is 13.1. The monoisotopic (exact) mass is 312 g/mol. The lowest BCUT2D eigenvalue weighted by atomic mass is 10.5. The van der Waals surface area contributed by atoms with Gasteiger partial charge in [0.2, 0.25) is 0 Å². The molecular formula is C8H13BrN2O2S2. The molecule has 0 saturated carbocycles. The summed E-state index contributed by atoms with van der Waals surface area (Å²) in [6.07, 6.45) is 0.781. The van der Waals surface area contributed by atoms with Crippen LogP contribution in [0.3, 0.4) is 0 Å². The lowest BCUT2D eigenvalue weighted by Gasteiger charge is -2.06. The van der Waals surface area contributed by atoms with Gasteiger partial charge in [0.15, 0.2) is 0 Å². The maximum Gasteiger partial charge on any atom is 0.277 e. The van der Waals surface area contributed by atoms with E-state index < -0.39 is 10.2 Å². The summed E-state index contributed by atoms with van der Waals surface area (Å²) < 4.78 is 28.6. The first-order chi connectivity index (χ1) is 7.05. The van der Waals surface area contributed by atoms with Crippen LogP contribution in [0.1, 0.15) is 18.2 Å². The summed E-state index contributed by atoms with van der Waals surface area (Å²) in [7, 11) is -3.35. The van der Waals surface area contributed by atoms with Gasteiger partial charge in [-0.05, 0) is 33.8 Å². The molecule has 1 heterocycles. The Labute approximate surface area is 102 Å². The van der Waals surface area contributed by atoms with Gasteiger partial charge in [0.1, 0.15) is 0 Å². The maximum absolute atomic E-state index is 11.4. The number of hydrogen-bond donors (Lipinski definition) is 2. The summed E-state index contributed by atoms with van der Waals surface area (Å²) in [5, 5.41) is 1.91. The Morgan fingerprint density at radius 2 is 2.20 bits per heavy atom. The molecule has 0 unspecified atom stereocenters. The third kappa shape index (κ3) is 4.60. The summed E-state index contributed by atoms with van der Waals surface area (Å²) in [4.78, 5) is 0.969. The van der Waals surface area contributed by atoms with E-state index in [0.29, 0.717) is 13.1 Å². The molecule has 15 heavy (non-hydrogen) atoms. The van der Waals surface area contributed by atoms with E-state index in [-0.39, 0.29) is 0 Å². The highest BCUT2D eigenvalue weighted by Gasteiger charge is 2.09. The summed E-state index contributed by atoms with van der Waals surface area (Å²) >= 11 is 4.85. The fourth-order valence-corrected chi connectivity index (χ4v) is 3.33. The highest BCUT2D eigenvalue weighted by atomic mass is 79.9. The van der Waals surface area contributed by atoms with Gasteiger partial charge >= 0.3 is 0 Å². The highest BCUT2D eigenvalue weighted by Crippen LogP contribution is 2.22. The second kappa shape index (κ2) is 5.95. The predicted molar refractivity (Wildman–Crippen MR) is 66.1 cm³/mol. The van der Waals surface area contributed by atoms with Crippen molar-refractivity contribution in [2.75, 3.05) is 6.54 Å². The van der Waals surface area contributed by atoms with Crippen LogP contribution < -0.4 is 9.44 Å². The van der Waals surface area contributed by atoms with E-state index in [1.807, 2.05) is 18.4 Å². The molecule has 0 fully saturated rings. The van der Waals surface area contributed by atoms with Crippen molar-refractivity contribution in [3.05, 3.63) is 20.8 Å². The average Bonchev–Trinajstić information content (AvgIpc) is 2.58. The Hall–Kier alpha value is 0.0500. The Balaban J connectivity index is 2.46. The van der Waals surface area contributed by atoms with Crippen LogP contribution in [0.2, 0.25) is 0 Å². The molecule has 0 radical (unpaired) electrons. The summed E-state index contributed by atoms with van der Waals surface area (Å²) in [6, 6.07) is 1.90. The van der Waals surface area contributed by atoms with E-state index in [4.69, 9.17) is 0 Å². The van der Waals surface area contributed by atoms with Crippen LogP contribution >= 0.6 is 27.3 Å². The second-order valence-electron chi connectivity index (χ2n) is 2.91. The minimum absolute atomic E-state index is 0.317. The zero-order valence-corrected chi connectivity index (χ0v) is 11.5. The van der Waals surface area contributed by atoms with E-state index >= 15 is 0 Å². The molecule has 0 spiro atoms. The molecule has 0 bridgehead atoms. The van der Waals surface area contributed by atoms with Crippen LogP contribution in [0.4, 0.5) is 0 Å². The molecule has 0 aliphatic carbocycles. The second-order valence-corrected chi connectivity index (χ2v) is 6.35. The summed E-state index contributed by atoms with van der Waals surface area (Å²) in [5.41, 5.74) is 0. The number of rotatable bonds is 6. The third-order valence-electron chi connectivity index (χ3n) is 1.66. The Morgan fingerprint density at radius 3 is 2.73 bits per heavy atom. The molecule has 1 aromatic rings. The van der Waals surface area contributed by atoms with Gasteiger partial charge in [-0.15, -0.1) is 11.3 Å². The van der Waals surface area contributed by atoms with Gasteiger partial charge in [0, 0.05) is 22.4 Å². The van der Waals surface area contributed by atoms with Crippen LogP contribution in [-0.2, 0) is 16.8 Å². The molecule has 0 amide bonds. The van der Waals surface area contributed by atoms with Crippen molar-refractivity contribution < 1.29 is 8.42 Å². The quantitative estimate of drug-likeness (QED) is 0.842. The Kier molecular flexibility index (Phi) is 5.20. The zero-order valence-electron chi connectivity index (χ0n) is 8.29. The molecule has 2 N–H and O–H groups in total. The lowest BCUT2D eigenvalue weighted by molar-refractivity contribution is 0.566. The predicted octanol–water partition coefficient (Wildman–Crippen LogP) is 1.84. The number of halogens is 1. The normalized spacial score (nSPS) is 11.9. The molecule has 0 aromatic carbocycles. The fraction of sp³-hybridized carbons (Fsp3) is 0.500. The smallest absolute Gasteiger partial charge is 0.202 e. The van der Waals surface area contributed by atoms with Gasteiger partial charge in [-0.25, -0.2) is 4.72 Å². The standard InChI is InChI=1S/C8H13BrN2O2S2/c1-2-4-10-15(12,13)11-6-8-7(9)3-5-14-8/h3,5,10-11H,2,4,6H2,1H3. The van der Waals surface area contributed by atoms with Crippen LogP contribution in [0.15, 0.2) is 15.9 Å². The van der Waals surface area contributed by atoms with E-state index in [1.54, 1.807) is 0 Å². The fourth-order valence-electron chi connectivity index (χ4n) is 0.899. The number of thiophene rings is 1. The van der Waals surface area contributed by atoms with Gasteiger partial charge < -0.3 is 0 Å². The Morgan fingerprint density at radius 1 is 1.47 bits per heavy atom. The van der Waals surface area contributed by atoms with E-state index in [2.05, 4.69) is 25.4 Å². The van der Waals surface area contributed by atoms with Gasteiger partial charge in [0.25, 0.3) is 10.2 Å². The van der Waals surface area contributed by atoms with Crippen LogP contribution in [0.5, 0.6) is 0 Å². The van der Waals surface area contributed by atoms with Crippen molar-refractivity contribution in [2.45, 2.75) is 19.9 Å². The van der Waals surface area contributed by atoms with Crippen molar-refractivity contribution in [2.24, 2.45) is 0 Å². The molecule has 1 aromatic heterocycles. The summed E-state index contributed by atoms with van der Waals surface area (Å²) in [6.45, 7) is 2.69. The molecule has 0 aliphatic heterocycles. The largest absolute Gasteiger partial charge is 0.277 e. The Bertz CT molecular complexity index is 403. The maximum atomic E-state index is 11.4. The SMILES string of the molecule is CCCNS(=O)(=O)NCc1sccc1Br. The molecule has 0 aliphatic rings. The van der Waals surface area contributed by atoms with Gasteiger partial charge in [-0.1, -0.05) is 6.92 Å². The van der Waals surface area contributed by atoms with E-state index in [0.717, 1.165) is 15.8 Å². The molecular weight excluding hydrogens is 300 g/mol. The molecule has 0 atom stereocenters. The van der Waals surface area contributed by atoms with Gasteiger partial charge in [0.05, 0.1) is 0 Å². The van der Waals surface area contributed by atoms with Gasteiger partial charge in [-0.2, -0.15) is 13.1 Å². The van der Waals surface area contributed by atoms with Crippen LogP contribution in [-0.4, -0.2) is 15.0 Å². The van der Waals surface area contributed by atoms with Crippen molar-refractivity contribution in [3.63, 3.8) is 0 Å². The third-order valence-corrected chi connectivity index (χ3v) is 4.69. The minimum Gasteiger partial charge on any atom is -0.202 e. The number of hydrogen-bond acceptors (Lipinski definition) is 3. The van der Waals surface area contributed by atoms with Crippen LogP contribution in [0.25, 0.3) is 0 Å². The molecule has 7 heteroatoms. The molecule has 4 nitrogen and oxygen atoms in total. The highest BCUT2D eigenvalue weighted by molar-refractivity contribution is 9.10. The first-order valence-electron chi connectivity index (χ1n) is 4.51. The average molecular weight is 313 g/mol. The summed E-state index contributed by atoms with van der Waals surface area (Å²) in [5.74, 6) is 0. The molecule has 1 rings (SSSR count). The molecule has 86 valence electrons. The lowest BCUT2D eigenvalue weighted by Crippen LogP contribution is -2.36. The van der Waals surface area contributed by atoms with E-state index in [1.165, 1.54) is 11.3 Å². The molecule has 0 saturated heterocycles. The van der Waals surface area contributed by atoms with Crippen molar-refractivity contribution in [1.82, 2.24) is 9.44 Å². The zero-order chi connectivity index (χ0) is 11.3. The number of nitrogens with one attached hydrogen (secondary N) is 2. The van der Waals surface area contributed by atoms with Crippen molar-refractivity contribution in [3.8, 4) is 0 Å². The van der Waals surface area contributed by atoms with Crippen molar-refractivity contribution >= 4 is 37.5 Å². The minimum atomic E-state index is -3.35. The first-order valence-corrected chi connectivity index (χ1v) is 7.67. The van der Waals surface area contributed by atoms with Gasteiger partial charge in [-0.3, -0.25) is 0 Å². The topological polar surface area (TPSA) is 58.2 Å². The van der Waals surface area contributed by atoms with E-state index in [9.17, 15) is 8.42 Å². The van der Waals surface area contributed by atoms with Crippen molar-refractivity contribution in [1.29, 1.82) is 0 Å². The van der Waals surface area contributed by atoms with Crippen LogP contribution in [0, 0.1) is 0 Å².